The van der Waals surface area contributed by atoms with Gasteiger partial charge in [0.25, 0.3) is 0 Å². The Kier molecular flexibility index (Phi) is 10.5. The molecule has 0 aliphatic carbocycles. The van der Waals surface area contributed by atoms with E-state index >= 15 is 0 Å². The van der Waals surface area contributed by atoms with Crippen molar-refractivity contribution in [1.82, 2.24) is 9.97 Å². The standard InChI is InChI=1S/C21H30N3O10PS2/c1-4-15(26)37-8-6-32-35(29,31-5-7-36-12(2)25)33-10-14-18(27)21(3,28)19(34-14)13-9-30-17-16(13)23-11-24-20(17)22/h9,11,14,18-19,27-28H,4-8,10H2,1-3H3,(H2,22,23,24)/t14-,18-,19+,21-,35?/m1/s1. The Labute approximate surface area is 221 Å². The molecule has 0 aromatic carbocycles. The highest BCUT2D eigenvalue weighted by molar-refractivity contribution is 8.13. The van der Waals surface area contributed by atoms with Crippen LogP contribution in [0.3, 0.4) is 0 Å². The van der Waals surface area contributed by atoms with Gasteiger partial charge in [-0.1, -0.05) is 30.4 Å². The Morgan fingerprint density at radius 3 is 2.54 bits per heavy atom. The van der Waals surface area contributed by atoms with Gasteiger partial charge in [0.15, 0.2) is 21.6 Å². The summed E-state index contributed by atoms with van der Waals surface area (Å²) in [6.45, 7) is 3.81. The molecule has 4 N–H and O–H groups in total. The Morgan fingerprint density at radius 1 is 1.22 bits per heavy atom. The lowest BCUT2D eigenvalue weighted by atomic mass is 9.89. The summed E-state index contributed by atoms with van der Waals surface area (Å²) in [5, 5.41) is 21.7. The zero-order chi connectivity index (χ0) is 27.2. The fraction of sp³-hybridized carbons (Fsp3) is 0.619. The van der Waals surface area contributed by atoms with Gasteiger partial charge in [0.05, 0.1) is 26.1 Å². The average molecular weight is 580 g/mol. The first kappa shape index (κ1) is 30.0. The smallest absolute Gasteiger partial charge is 0.458 e. The predicted octanol–water partition coefficient (Wildman–Crippen LogP) is 2.46. The second-order valence-electron chi connectivity index (χ2n) is 8.18. The van der Waals surface area contributed by atoms with Crippen molar-refractivity contribution < 1.29 is 47.1 Å². The number of aromatic nitrogens is 2. The Morgan fingerprint density at radius 2 is 1.89 bits per heavy atom. The average Bonchev–Trinajstić information content (AvgIpc) is 3.37. The lowest BCUT2D eigenvalue weighted by molar-refractivity contribution is -0.111. The van der Waals surface area contributed by atoms with Crippen molar-refractivity contribution in [2.45, 2.75) is 51.1 Å². The lowest BCUT2D eigenvalue weighted by Gasteiger charge is -2.26. The van der Waals surface area contributed by atoms with Gasteiger partial charge in [-0.05, 0) is 6.92 Å². The predicted molar refractivity (Wildman–Crippen MR) is 137 cm³/mol. The first-order valence-corrected chi connectivity index (χ1v) is 14.8. The summed E-state index contributed by atoms with van der Waals surface area (Å²) >= 11 is 2.00. The second kappa shape index (κ2) is 13.0. The normalized spacial score (nSPS) is 25.4. The van der Waals surface area contributed by atoms with Crippen LogP contribution in [0.1, 0.15) is 38.9 Å². The molecule has 3 rings (SSSR count). The molecule has 1 unspecified atom stereocenters. The minimum absolute atomic E-state index is 0.0484. The van der Waals surface area contributed by atoms with Crippen molar-refractivity contribution in [3.05, 3.63) is 18.2 Å². The third-order valence-corrected chi connectivity index (χ3v) is 8.62. The summed E-state index contributed by atoms with van der Waals surface area (Å²) in [6.07, 6.45) is -0.784. The topological polar surface area (TPSA) is 194 Å². The van der Waals surface area contributed by atoms with Crippen LogP contribution in [0.15, 0.2) is 17.0 Å². The molecular weight excluding hydrogens is 549 g/mol. The molecule has 1 aliphatic rings. The highest BCUT2D eigenvalue weighted by Crippen LogP contribution is 2.51. The highest BCUT2D eigenvalue weighted by Gasteiger charge is 2.54. The maximum absolute atomic E-state index is 13.2. The van der Waals surface area contributed by atoms with Crippen molar-refractivity contribution >= 4 is 58.5 Å². The number of furan rings is 1. The summed E-state index contributed by atoms with van der Waals surface area (Å²) in [4.78, 5) is 30.6. The summed E-state index contributed by atoms with van der Waals surface area (Å²) < 4.78 is 40.7. The molecule has 0 spiro atoms. The van der Waals surface area contributed by atoms with E-state index < -0.39 is 38.3 Å². The lowest BCUT2D eigenvalue weighted by Crippen LogP contribution is -2.43. The summed E-state index contributed by atoms with van der Waals surface area (Å²) in [6, 6.07) is 0. The van der Waals surface area contributed by atoms with Gasteiger partial charge < -0.3 is 25.1 Å². The number of ether oxygens (including phenoxy) is 1. The number of anilines is 1. The molecule has 2 aromatic rings. The largest absolute Gasteiger partial charge is 0.474 e. The van der Waals surface area contributed by atoms with Crippen LogP contribution >= 0.6 is 31.3 Å². The van der Waals surface area contributed by atoms with Crippen LogP contribution in [0.2, 0.25) is 0 Å². The van der Waals surface area contributed by atoms with Crippen LogP contribution < -0.4 is 5.73 Å². The fourth-order valence-electron chi connectivity index (χ4n) is 3.53. The van der Waals surface area contributed by atoms with Crippen LogP contribution in [0.25, 0.3) is 11.1 Å². The Balaban J connectivity index is 1.68. The Bertz CT molecular complexity index is 1150. The molecule has 2 aromatic heterocycles. The third kappa shape index (κ3) is 7.52. The quantitative estimate of drug-likeness (QED) is 0.231. The summed E-state index contributed by atoms with van der Waals surface area (Å²) in [5.41, 5.74) is 4.87. The molecule has 0 bridgehead atoms. The second-order valence-corrected chi connectivity index (χ2v) is 12.3. The number of aliphatic hydroxyl groups is 2. The SMILES string of the molecule is CCC(=O)SCCOP(=O)(OCCSC(C)=O)OC[C@H]1O[C@@H](c2coc3c(N)ncnc23)[C@](C)(O)[C@@H]1O. The van der Waals surface area contributed by atoms with Gasteiger partial charge >= 0.3 is 7.82 Å². The van der Waals surface area contributed by atoms with Gasteiger partial charge in [-0.3, -0.25) is 23.2 Å². The molecule has 3 heterocycles. The monoisotopic (exact) mass is 579 g/mol. The number of carbonyl (C=O) groups is 2. The van der Waals surface area contributed by atoms with Crippen molar-refractivity contribution in [3.63, 3.8) is 0 Å². The molecule has 1 fully saturated rings. The maximum atomic E-state index is 13.2. The van der Waals surface area contributed by atoms with E-state index in [2.05, 4.69) is 9.97 Å². The van der Waals surface area contributed by atoms with Gasteiger partial charge in [-0.2, -0.15) is 0 Å². The van der Waals surface area contributed by atoms with E-state index in [4.69, 9.17) is 28.5 Å². The van der Waals surface area contributed by atoms with E-state index in [0.29, 0.717) is 17.5 Å². The van der Waals surface area contributed by atoms with E-state index in [-0.39, 0.29) is 46.4 Å². The van der Waals surface area contributed by atoms with Crippen LogP contribution in [-0.2, 0) is 32.5 Å². The van der Waals surface area contributed by atoms with Crippen LogP contribution in [0.5, 0.6) is 0 Å². The van der Waals surface area contributed by atoms with Crippen molar-refractivity contribution in [2.24, 2.45) is 0 Å². The number of nitrogen functional groups attached to an aromatic ring is 1. The minimum Gasteiger partial charge on any atom is -0.458 e. The number of phosphoric acid groups is 1. The molecule has 0 saturated carbocycles. The van der Waals surface area contributed by atoms with Gasteiger partial charge in [-0.25, -0.2) is 14.5 Å². The highest BCUT2D eigenvalue weighted by atomic mass is 32.2. The number of carbonyl (C=O) groups excluding carboxylic acids is 2. The summed E-state index contributed by atoms with van der Waals surface area (Å²) in [5.74, 6) is 0.544. The Hall–Kier alpha value is -1.55. The number of hydrogen-bond acceptors (Lipinski definition) is 15. The van der Waals surface area contributed by atoms with Crippen molar-refractivity contribution in [3.8, 4) is 0 Å². The van der Waals surface area contributed by atoms with Gasteiger partial charge in [0, 0.05) is 30.4 Å². The van der Waals surface area contributed by atoms with Gasteiger partial charge in [0.1, 0.15) is 35.8 Å². The van der Waals surface area contributed by atoms with Crippen molar-refractivity contribution in [2.75, 3.05) is 37.1 Å². The number of thioether (sulfide) groups is 2. The van der Waals surface area contributed by atoms with Crippen LogP contribution in [-0.4, -0.2) is 79.5 Å². The van der Waals surface area contributed by atoms with E-state index in [0.717, 1.165) is 23.5 Å². The number of nitrogens with two attached hydrogens (primary N) is 1. The summed E-state index contributed by atoms with van der Waals surface area (Å²) in [7, 11) is -4.17. The number of nitrogens with zero attached hydrogens (tertiary/aromatic N) is 2. The van der Waals surface area contributed by atoms with E-state index in [1.807, 2.05) is 0 Å². The molecule has 5 atom stereocenters. The third-order valence-electron chi connectivity index (χ3n) is 5.40. The first-order chi connectivity index (χ1) is 17.5. The van der Waals surface area contributed by atoms with Crippen LogP contribution in [0.4, 0.5) is 5.82 Å². The molecule has 13 nitrogen and oxygen atoms in total. The van der Waals surface area contributed by atoms with E-state index in [9.17, 15) is 24.4 Å². The van der Waals surface area contributed by atoms with Gasteiger partial charge in [0.2, 0.25) is 0 Å². The number of phosphoric ester groups is 1. The number of rotatable bonds is 13. The van der Waals surface area contributed by atoms with E-state index in [1.165, 1.54) is 26.4 Å². The van der Waals surface area contributed by atoms with E-state index in [1.54, 1.807) is 6.92 Å². The zero-order valence-corrected chi connectivity index (χ0v) is 23.1. The number of fused-ring (bicyclic) bond motifs is 1. The molecule has 0 radical (unpaired) electrons. The molecule has 16 heteroatoms. The molecule has 0 amide bonds. The first-order valence-electron chi connectivity index (χ1n) is 11.3. The molecule has 206 valence electrons. The number of hydrogen-bond donors (Lipinski definition) is 3. The number of aliphatic hydroxyl groups excluding tert-OH is 1. The fourth-order valence-corrected chi connectivity index (χ4v) is 6.01. The molecule has 1 aliphatic heterocycles. The molecule has 1 saturated heterocycles. The maximum Gasteiger partial charge on any atom is 0.474 e. The molecule has 37 heavy (non-hydrogen) atoms. The van der Waals surface area contributed by atoms with Gasteiger partial charge in [-0.15, -0.1) is 0 Å². The zero-order valence-electron chi connectivity index (χ0n) is 20.5. The minimum atomic E-state index is -4.17. The van der Waals surface area contributed by atoms with Crippen LogP contribution in [0, 0.1) is 0 Å². The molecular formula is C21H30N3O10PS2. The van der Waals surface area contributed by atoms with Crippen molar-refractivity contribution in [1.29, 1.82) is 0 Å².